The van der Waals surface area contributed by atoms with Crippen LogP contribution in [0.3, 0.4) is 0 Å². The number of para-hydroxylation sites is 1. The van der Waals surface area contributed by atoms with Gasteiger partial charge in [-0.3, -0.25) is 4.79 Å². The zero-order valence-electron chi connectivity index (χ0n) is 12.0. The Hall–Kier alpha value is -2.33. The lowest BCUT2D eigenvalue weighted by Gasteiger charge is -2.16. The van der Waals surface area contributed by atoms with Gasteiger partial charge < -0.3 is 15.2 Å². The number of nitrogens with two attached hydrogens (primary N) is 1. The van der Waals surface area contributed by atoms with E-state index in [0.717, 1.165) is 11.1 Å². The van der Waals surface area contributed by atoms with Gasteiger partial charge in [0.05, 0.1) is 13.5 Å². The molecule has 0 aliphatic carbocycles. The lowest BCUT2D eigenvalue weighted by atomic mass is 10.0. The summed E-state index contributed by atoms with van der Waals surface area (Å²) in [5, 5.41) is 0. The van der Waals surface area contributed by atoms with Crippen molar-refractivity contribution in [3.8, 4) is 5.75 Å². The number of methoxy groups -OCH3 is 1. The topological polar surface area (TPSA) is 61.5 Å². The summed E-state index contributed by atoms with van der Waals surface area (Å²) in [4.78, 5) is 11.3. The van der Waals surface area contributed by atoms with Gasteiger partial charge in [0, 0.05) is 11.6 Å². The Morgan fingerprint density at radius 3 is 2.48 bits per heavy atom. The van der Waals surface area contributed by atoms with Gasteiger partial charge in [0.25, 0.3) is 0 Å². The van der Waals surface area contributed by atoms with Gasteiger partial charge in [-0.05, 0) is 11.6 Å². The minimum atomic E-state index is -0.440. The van der Waals surface area contributed by atoms with E-state index >= 15 is 0 Å². The molecule has 0 saturated heterocycles. The van der Waals surface area contributed by atoms with Crippen LogP contribution in [0.1, 0.15) is 23.6 Å². The lowest BCUT2D eigenvalue weighted by Crippen LogP contribution is -2.17. The molecule has 4 heteroatoms. The first-order chi connectivity index (χ1) is 10.2. The number of ether oxygens (including phenoxy) is 2. The van der Waals surface area contributed by atoms with Crippen LogP contribution >= 0.6 is 0 Å². The first kappa shape index (κ1) is 15.1. The molecular formula is C17H19NO3. The van der Waals surface area contributed by atoms with Gasteiger partial charge in [-0.15, -0.1) is 0 Å². The SMILES string of the molecule is COC(=O)C[C@H](N)c1ccccc1OCc1ccccc1. The molecule has 21 heavy (non-hydrogen) atoms. The van der Waals surface area contributed by atoms with Gasteiger partial charge in [-0.1, -0.05) is 48.5 Å². The third-order valence-electron chi connectivity index (χ3n) is 3.17. The zero-order chi connectivity index (χ0) is 15.1. The monoisotopic (exact) mass is 285 g/mol. The van der Waals surface area contributed by atoms with Crippen molar-refractivity contribution in [3.63, 3.8) is 0 Å². The molecule has 2 aromatic carbocycles. The van der Waals surface area contributed by atoms with E-state index in [4.69, 9.17) is 10.5 Å². The second-order valence-electron chi connectivity index (χ2n) is 4.70. The van der Waals surface area contributed by atoms with Gasteiger partial charge in [0.1, 0.15) is 12.4 Å². The Kier molecular flexibility index (Phi) is 5.35. The zero-order valence-corrected chi connectivity index (χ0v) is 12.0. The van der Waals surface area contributed by atoms with E-state index in [1.807, 2.05) is 54.6 Å². The van der Waals surface area contributed by atoms with Crippen LogP contribution in [0.2, 0.25) is 0 Å². The fourth-order valence-electron chi connectivity index (χ4n) is 2.03. The first-order valence-electron chi connectivity index (χ1n) is 6.78. The molecule has 0 aliphatic heterocycles. The van der Waals surface area contributed by atoms with Crippen LogP contribution in [0, 0.1) is 0 Å². The Bertz CT molecular complexity index is 584. The molecule has 0 bridgehead atoms. The second-order valence-corrected chi connectivity index (χ2v) is 4.70. The Morgan fingerprint density at radius 2 is 1.76 bits per heavy atom. The second kappa shape index (κ2) is 7.45. The first-order valence-corrected chi connectivity index (χ1v) is 6.78. The largest absolute Gasteiger partial charge is 0.489 e. The molecule has 0 unspecified atom stereocenters. The van der Waals surface area contributed by atoms with E-state index in [2.05, 4.69) is 4.74 Å². The molecule has 2 N–H and O–H groups in total. The third kappa shape index (κ3) is 4.33. The van der Waals surface area contributed by atoms with Gasteiger partial charge in [-0.25, -0.2) is 0 Å². The summed E-state index contributed by atoms with van der Waals surface area (Å²) in [5.74, 6) is 0.359. The number of benzene rings is 2. The van der Waals surface area contributed by atoms with E-state index in [1.54, 1.807) is 0 Å². The summed E-state index contributed by atoms with van der Waals surface area (Å²) in [7, 11) is 1.35. The highest BCUT2D eigenvalue weighted by molar-refractivity contribution is 5.70. The number of carbonyl (C=O) groups excluding carboxylic acids is 1. The molecule has 0 fully saturated rings. The number of esters is 1. The summed E-state index contributed by atoms with van der Waals surface area (Å²) in [6, 6.07) is 16.9. The molecule has 2 rings (SSSR count). The Morgan fingerprint density at radius 1 is 1.10 bits per heavy atom. The Balaban J connectivity index is 2.07. The third-order valence-corrected chi connectivity index (χ3v) is 3.17. The number of hydrogen-bond donors (Lipinski definition) is 1. The fraction of sp³-hybridized carbons (Fsp3) is 0.235. The van der Waals surface area contributed by atoms with Crippen molar-refractivity contribution in [2.45, 2.75) is 19.1 Å². The molecule has 0 heterocycles. The van der Waals surface area contributed by atoms with Crippen LogP contribution in [0.25, 0.3) is 0 Å². The smallest absolute Gasteiger partial charge is 0.307 e. The van der Waals surface area contributed by atoms with Gasteiger partial charge in [0.15, 0.2) is 0 Å². The predicted octanol–water partition coefficient (Wildman–Crippen LogP) is 2.83. The van der Waals surface area contributed by atoms with Crippen LogP contribution in [0.4, 0.5) is 0 Å². The summed E-state index contributed by atoms with van der Waals surface area (Å²) < 4.78 is 10.5. The molecule has 0 spiro atoms. The van der Waals surface area contributed by atoms with Crippen molar-refractivity contribution < 1.29 is 14.3 Å². The number of rotatable bonds is 6. The lowest BCUT2D eigenvalue weighted by molar-refractivity contribution is -0.141. The standard InChI is InChI=1S/C17H19NO3/c1-20-17(19)11-15(18)14-9-5-6-10-16(14)21-12-13-7-3-2-4-8-13/h2-10,15H,11-12,18H2,1H3/t15-/m0/s1. The fourth-order valence-corrected chi connectivity index (χ4v) is 2.03. The molecule has 1 atom stereocenters. The van der Waals surface area contributed by atoms with Crippen molar-refractivity contribution in [1.82, 2.24) is 0 Å². The average molecular weight is 285 g/mol. The summed E-state index contributed by atoms with van der Waals surface area (Å²) in [5.41, 5.74) is 7.94. The van der Waals surface area contributed by atoms with Crippen LogP contribution in [-0.4, -0.2) is 13.1 Å². The quantitative estimate of drug-likeness (QED) is 0.829. The maximum Gasteiger partial charge on any atom is 0.307 e. The van der Waals surface area contributed by atoms with E-state index in [9.17, 15) is 4.79 Å². The normalized spacial score (nSPS) is 11.7. The highest BCUT2D eigenvalue weighted by atomic mass is 16.5. The minimum Gasteiger partial charge on any atom is -0.489 e. The Labute approximate surface area is 124 Å². The van der Waals surface area contributed by atoms with Gasteiger partial charge in [0.2, 0.25) is 0 Å². The van der Waals surface area contributed by atoms with E-state index in [1.165, 1.54) is 7.11 Å². The van der Waals surface area contributed by atoms with E-state index < -0.39 is 6.04 Å². The van der Waals surface area contributed by atoms with Crippen LogP contribution < -0.4 is 10.5 Å². The van der Waals surface area contributed by atoms with Gasteiger partial charge >= 0.3 is 5.97 Å². The maximum absolute atomic E-state index is 11.3. The summed E-state index contributed by atoms with van der Waals surface area (Å²) >= 11 is 0. The molecule has 2 aromatic rings. The van der Waals surface area contributed by atoms with E-state index in [-0.39, 0.29) is 12.4 Å². The number of hydrogen-bond acceptors (Lipinski definition) is 4. The van der Waals surface area contributed by atoms with Crippen molar-refractivity contribution >= 4 is 5.97 Å². The van der Waals surface area contributed by atoms with Gasteiger partial charge in [-0.2, -0.15) is 0 Å². The molecule has 4 nitrogen and oxygen atoms in total. The molecule has 0 aliphatic rings. The highest BCUT2D eigenvalue weighted by Gasteiger charge is 2.16. The average Bonchev–Trinajstić information content (AvgIpc) is 2.54. The molecular weight excluding hydrogens is 266 g/mol. The van der Waals surface area contributed by atoms with Crippen molar-refractivity contribution in [2.24, 2.45) is 5.73 Å². The molecule has 0 aromatic heterocycles. The highest BCUT2D eigenvalue weighted by Crippen LogP contribution is 2.26. The minimum absolute atomic E-state index is 0.127. The van der Waals surface area contributed by atoms with Crippen LogP contribution in [0.5, 0.6) is 5.75 Å². The maximum atomic E-state index is 11.3. The van der Waals surface area contributed by atoms with Crippen molar-refractivity contribution in [1.29, 1.82) is 0 Å². The number of carbonyl (C=O) groups is 1. The summed E-state index contributed by atoms with van der Waals surface area (Å²) in [6.07, 6.45) is 0.127. The molecule has 0 amide bonds. The van der Waals surface area contributed by atoms with Crippen LogP contribution in [-0.2, 0) is 16.1 Å². The summed E-state index contributed by atoms with van der Waals surface area (Å²) in [6.45, 7) is 0.461. The van der Waals surface area contributed by atoms with Crippen molar-refractivity contribution in [3.05, 3.63) is 65.7 Å². The van der Waals surface area contributed by atoms with Crippen molar-refractivity contribution in [2.75, 3.05) is 7.11 Å². The van der Waals surface area contributed by atoms with Crippen LogP contribution in [0.15, 0.2) is 54.6 Å². The molecule has 110 valence electrons. The van der Waals surface area contributed by atoms with E-state index in [0.29, 0.717) is 12.4 Å². The molecule has 0 radical (unpaired) electrons. The molecule has 0 saturated carbocycles. The predicted molar refractivity (Wildman–Crippen MR) is 80.8 cm³/mol.